The van der Waals surface area contributed by atoms with Crippen LogP contribution in [0.3, 0.4) is 0 Å². The van der Waals surface area contributed by atoms with Crippen molar-refractivity contribution in [3.8, 4) is 6.07 Å². The third-order valence-corrected chi connectivity index (χ3v) is 2.42. The third kappa shape index (κ3) is 2.60. The van der Waals surface area contributed by atoms with Crippen molar-refractivity contribution in [1.82, 2.24) is 0 Å². The minimum atomic E-state index is -0.417. The van der Waals surface area contributed by atoms with E-state index in [9.17, 15) is 4.79 Å². The Morgan fingerprint density at radius 1 is 1.31 bits per heavy atom. The molecule has 1 aromatic rings. The highest BCUT2D eigenvalue weighted by Crippen LogP contribution is 2.20. The number of carbonyl (C=O) groups excluding carboxylic acids is 1. The van der Waals surface area contributed by atoms with Gasteiger partial charge in [-0.05, 0) is 18.1 Å². The molecule has 0 aliphatic rings. The summed E-state index contributed by atoms with van der Waals surface area (Å²) in [5.74, 6) is 0.000515. The second-order valence-corrected chi connectivity index (χ2v) is 4.04. The van der Waals surface area contributed by atoms with E-state index in [0.29, 0.717) is 0 Å². The molecule has 1 rings (SSSR count). The highest BCUT2D eigenvalue weighted by atomic mass is 16.2. The molecule has 3 heteroatoms. The Morgan fingerprint density at radius 2 is 1.88 bits per heavy atom. The van der Waals surface area contributed by atoms with Crippen LogP contribution in [0.25, 0.3) is 0 Å². The summed E-state index contributed by atoms with van der Waals surface area (Å²) in [4.78, 5) is 13.2. The maximum absolute atomic E-state index is 11.6. The van der Waals surface area contributed by atoms with Crippen molar-refractivity contribution in [3.05, 3.63) is 30.3 Å². The summed E-state index contributed by atoms with van der Waals surface area (Å²) in [6.45, 7) is 5.36. The monoisotopic (exact) mass is 216 g/mol. The summed E-state index contributed by atoms with van der Waals surface area (Å²) in [6.07, 6.45) is 0. The van der Waals surface area contributed by atoms with E-state index in [4.69, 9.17) is 5.26 Å². The lowest BCUT2D eigenvalue weighted by Gasteiger charge is -2.28. The van der Waals surface area contributed by atoms with Crippen LogP contribution in [0.1, 0.15) is 20.8 Å². The number of rotatable bonds is 3. The van der Waals surface area contributed by atoms with Crippen LogP contribution in [-0.2, 0) is 4.79 Å². The standard InChI is InChI=1S/C13H16N2O/c1-10(2)13(9-14)15(11(3)16)12-7-5-4-6-8-12/h4-8,10,13H,1-3H3. The molecule has 0 saturated heterocycles. The quantitative estimate of drug-likeness (QED) is 0.779. The first-order valence-corrected chi connectivity index (χ1v) is 5.32. The molecule has 0 spiro atoms. The van der Waals surface area contributed by atoms with Crippen LogP contribution < -0.4 is 4.90 Å². The van der Waals surface area contributed by atoms with Gasteiger partial charge in [-0.3, -0.25) is 9.69 Å². The molecule has 0 aliphatic heterocycles. The van der Waals surface area contributed by atoms with Crippen molar-refractivity contribution in [2.45, 2.75) is 26.8 Å². The van der Waals surface area contributed by atoms with Gasteiger partial charge in [0.2, 0.25) is 5.91 Å². The van der Waals surface area contributed by atoms with E-state index in [2.05, 4.69) is 6.07 Å². The zero-order valence-corrected chi connectivity index (χ0v) is 9.84. The van der Waals surface area contributed by atoms with Gasteiger partial charge in [-0.2, -0.15) is 5.26 Å². The van der Waals surface area contributed by atoms with Gasteiger partial charge in [0.15, 0.2) is 0 Å². The van der Waals surface area contributed by atoms with Gasteiger partial charge in [0.05, 0.1) is 6.07 Å². The number of para-hydroxylation sites is 1. The van der Waals surface area contributed by atoms with Crippen LogP contribution in [0.2, 0.25) is 0 Å². The van der Waals surface area contributed by atoms with E-state index in [-0.39, 0.29) is 11.8 Å². The molecule has 16 heavy (non-hydrogen) atoms. The van der Waals surface area contributed by atoms with Crippen LogP contribution in [0.15, 0.2) is 30.3 Å². The molecule has 84 valence electrons. The SMILES string of the molecule is CC(=O)N(c1ccccc1)C(C#N)C(C)C. The number of amides is 1. The predicted molar refractivity (Wildman–Crippen MR) is 63.8 cm³/mol. The van der Waals surface area contributed by atoms with Crippen molar-refractivity contribution in [3.63, 3.8) is 0 Å². The van der Waals surface area contributed by atoms with Gasteiger partial charge in [0.25, 0.3) is 0 Å². The maximum atomic E-state index is 11.6. The zero-order valence-electron chi connectivity index (χ0n) is 9.84. The fourth-order valence-electron chi connectivity index (χ4n) is 1.63. The van der Waals surface area contributed by atoms with Gasteiger partial charge in [0.1, 0.15) is 6.04 Å². The van der Waals surface area contributed by atoms with E-state index in [1.165, 1.54) is 6.92 Å². The number of carbonyl (C=O) groups is 1. The normalized spacial score (nSPS) is 11.9. The fraction of sp³-hybridized carbons (Fsp3) is 0.385. The minimum absolute atomic E-state index is 0.105. The Kier molecular flexibility index (Phi) is 4.07. The minimum Gasteiger partial charge on any atom is -0.296 e. The van der Waals surface area contributed by atoms with Crippen LogP contribution >= 0.6 is 0 Å². The average Bonchev–Trinajstić information content (AvgIpc) is 2.25. The van der Waals surface area contributed by atoms with E-state index in [0.717, 1.165) is 5.69 Å². The summed E-state index contributed by atoms with van der Waals surface area (Å²) in [6, 6.07) is 11.1. The molecule has 0 fully saturated rings. The Bertz CT molecular complexity index is 392. The van der Waals surface area contributed by atoms with E-state index in [1.807, 2.05) is 44.2 Å². The number of nitriles is 1. The lowest BCUT2D eigenvalue weighted by molar-refractivity contribution is -0.117. The highest BCUT2D eigenvalue weighted by molar-refractivity contribution is 5.92. The topological polar surface area (TPSA) is 44.1 Å². The van der Waals surface area contributed by atoms with E-state index in [1.54, 1.807) is 4.90 Å². The smallest absolute Gasteiger partial charge is 0.225 e. The Morgan fingerprint density at radius 3 is 2.25 bits per heavy atom. The fourth-order valence-corrected chi connectivity index (χ4v) is 1.63. The second kappa shape index (κ2) is 5.32. The zero-order chi connectivity index (χ0) is 12.1. The third-order valence-electron chi connectivity index (χ3n) is 2.42. The van der Waals surface area contributed by atoms with Gasteiger partial charge in [0, 0.05) is 12.6 Å². The number of benzene rings is 1. The highest BCUT2D eigenvalue weighted by Gasteiger charge is 2.24. The summed E-state index contributed by atoms with van der Waals surface area (Å²) >= 11 is 0. The molecule has 0 aromatic heterocycles. The number of nitrogens with zero attached hydrogens (tertiary/aromatic N) is 2. The lowest BCUT2D eigenvalue weighted by atomic mass is 10.0. The molecule has 0 heterocycles. The van der Waals surface area contributed by atoms with Crippen molar-refractivity contribution >= 4 is 11.6 Å². The maximum Gasteiger partial charge on any atom is 0.225 e. The molecule has 1 aromatic carbocycles. The molecule has 0 bridgehead atoms. The molecule has 0 aliphatic carbocycles. The van der Waals surface area contributed by atoms with Crippen LogP contribution in [0.4, 0.5) is 5.69 Å². The Hall–Kier alpha value is -1.82. The van der Waals surface area contributed by atoms with Gasteiger partial charge in [-0.1, -0.05) is 32.0 Å². The molecular weight excluding hydrogens is 200 g/mol. The van der Waals surface area contributed by atoms with Crippen LogP contribution in [-0.4, -0.2) is 11.9 Å². The Labute approximate surface area is 96.3 Å². The van der Waals surface area contributed by atoms with Gasteiger partial charge >= 0.3 is 0 Å². The van der Waals surface area contributed by atoms with Gasteiger partial charge in [-0.25, -0.2) is 0 Å². The van der Waals surface area contributed by atoms with Crippen molar-refractivity contribution in [1.29, 1.82) is 5.26 Å². The van der Waals surface area contributed by atoms with Crippen molar-refractivity contribution in [2.24, 2.45) is 5.92 Å². The molecule has 1 atom stereocenters. The number of anilines is 1. The first-order chi connectivity index (χ1) is 7.57. The van der Waals surface area contributed by atoms with Gasteiger partial charge in [-0.15, -0.1) is 0 Å². The second-order valence-electron chi connectivity index (χ2n) is 4.04. The molecule has 1 unspecified atom stereocenters. The van der Waals surface area contributed by atoms with E-state index >= 15 is 0 Å². The van der Waals surface area contributed by atoms with Gasteiger partial charge < -0.3 is 0 Å². The first-order valence-electron chi connectivity index (χ1n) is 5.32. The molecule has 1 amide bonds. The first kappa shape index (κ1) is 12.3. The van der Waals surface area contributed by atoms with Crippen molar-refractivity contribution in [2.75, 3.05) is 4.90 Å². The summed E-state index contributed by atoms with van der Waals surface area (Å²) in [5, 5.41) is 9.13. The largest absolute Gasteiger partial charge is 0.296 e. The average molecular weight is 216 g/mol. The molecule has 0 radical (unpaired) electrons. The molecule has 0 saturated carbocycles. The number of hydrogen-bond acceptors (Lipinski definition) is 2. The predicted octanol–water partition coefficient (Wildman–Crippen LogP) is 2.59. The number of hydrogen-bond donors (Lipinski definition) is 0. The van der Waals surface area contributed by atoms with Crippen molar-refractivity contribution < 1.29 is 4.79 Å². The summed E-state index contributed by atoms with van der Waals surface area (Å²) in [5.41, 5.74) is 0.773. The summed E-state index contributed by atoms with van der Waals surface area (Å²) < 4.78 is 0. The summed E-state index contributed by atoms with van der Waals surface area (Å²) in [7, 11) is 0. The van der Waals surface area contributed by atoms with E-state index < -0.39 is 6.04 Å². The van der Waals surface area contributed by atoms with Crippen LogP contribution in [0, 0.1) is 17.2 Å². The Balaban J connectivity index is 3.10. The molecular formula is C13H16N2O. The molecule has 0 N–H and O–H groups in total. The lowest BCUT2D eigenvalue weighted by Crippen LogP contribution is -2.41. The van der Waals surface area contributed by atoms with Crippen LogP contribution in [0.5, 0.6) is 0 Å². The molecule has 3 nitrogen and oxygen atoms in total.